The van der Waals surface area contributed by atoms with Crippen LogP contribution in [0.3, 0.4) is 0 Å². The Morgan fingerprint density at radius 1 is 1.21 bits per heavy atom. The van der Waals surface area contributed by atoms with Crippen LogP contribution in [0.2, 0.25) is 0 Å². The number of aryl methyl sites for hydroxylation is 2. The molecule has 0 aliphatic carbocycles. The van der Waals surface area contributed by atoms with Gasteiger partial charge in [0.1, 0.15) is 6.04 Å². The third-order valence-corrected chi connectivity index (χ3v) is 5.70. The standard InChI is InChI=1S/C21H30N2O/c1-5-6-9-23(20-13-18-7-8-19(14-20)22(18)4)21(24)17-11-15(2)10-16(3)12-17/h10-13,18-19H,5-9,14H2,1-4H3/p+1. The van der Waals surface area contributed by atoms with Gasteiger partial charge in [0.2, 0.25) is 0 Å². The van der Waals surface area contributed by atoms with E-state index in [9.17, 15) is 4.79 Å². The monoisotopic (exact) mass is 327 g/mol. The molecule has 2 heterocycles. The van der Waals surface area contributed by atoms with E-state index in [1.807, 2.05) is 12.1 Å². The third kappa shape index (κ3) is 3.41. The Bertz CT molecular complexity index is 629. The maximum atomic E-state index is 13.2. The summed E-state index contributed by atoms with van der Waals surface area (Å²) in [5.74, 6) is 0.181. The Hall–Kier alpha value is -1.61. The molecular formula is C21H31N2O+. The number of hydrogen-bond acceptors (Lipinski definition) is 1. The second kappa shape index (κ2) is 7.10. The molecule has 3 atom stereocenters. The minimum atomic E-state index is 0.181. The Kier molecular flexibility index (Phi) is 5.09. The number of rotatable bonds is 5. The highest BCUT2D eigenvalue weighted by Crippen LogP contribution is 2.26. The Labute approximate surface area is 146 Å². The van der Waals surface area contributed by atoms with E-state index in [-0.39, 0.29) is 5.91 Å². The van der Waals surface area contributed by atoms with Crippen LogP contribution in [-0.4, -0.2) is 36.5 Å². The van der Waals surface area contributed by atoms with Gasteiger partial charge >= 0.3 is 0 Å². The lowest BCUT2D eigenvalue weighted by Gasteiger charge is -2.33. The number of unbranched alkanes of at least 4 members (excludes halogenated alkanes) is 1. The van der Waals surface area contributed by atoms with E-state index < -0.39 is 0 Å². The van der Waals surface area contributed by atoms with Crippen molar-refractivity contribution in [2.75, 3.05) is 13.6 Å². The lowest BCUT2D eigenvalue weighted by Crippen LogP contribution is -3.14. The molecule has 1 fully saturated rings. The van der Waals surface area contributed by atoms with Gasteiger partial charge in [0.15, 0.2) is 0 Å². The lowest BCUT2D eigenvalue weighted by molar-refractivity contribution is -0.912. The summed E-state index contributed by atoms with van der Waals surface area (Å²) < 4.78 is 0. The zero-order valence-corrected chi connectivity index (χ0v) is 15.6. The second-order valence-corrected chi connectivity index (χ2v) is 7.67. The fraction of sp³-hybridized carbons (Fsp3) is 0.571. The van der Waals surface area contributed by atoms with E-state index in [4.69, 9.17) is 0 Å². The number of likely N-dealkylation sites (N-methyl/N-ethyl adjacent to an activating group) is 1. The van der Waals surface area contributed by atoms with Crippen molar-refractivity contribution < 1.29 is 9.69 Å². The van der Waals surface area contributed by atoms with Crippen LogP contribution in [0.25, 0.3) is 0 Å². The number of nitrogens with zero attached hydrogens (tertiary/aromatic N) is 1. The molecule has 1 N–H and O–H groups in total. The number of quaternary nitrogens is 1. The van der Waals surface area contributed by atoms with Crippen molar-refractivity contribution in [3.8, 4) is 0 Å². The van der Waals surface area contributed by atoms with Crippen molar-refractivity contribution >= 4 is 5.91 Å². The summed E-state index contributed by atoms with van der Waals surface area (Å²) in [7, 11) is 2.30. The number of carbonyl (C=O) groups is 1. The smallest absolute Gasteiger partial charge is 0.258 e. The SMILES string of the molecule is CCCCN(C(=O)c1cc(C)cc(C)c1)C1=CC2CCC(C1)[NH+]2C. The van der Waals surface area contributed by atoms with Crippen molar-refractivity contribution in [1.82, 2.24) is 4.90 Å². The molecule has 1 aromatic carbocycles. The zero-order valence-electron chi connectivity index (χ0n) is 15.6. The van der Waals surface area contributed by atoms with Crippen LogP contribution in [0.1, 0.15) is 60.5 Å². The van der Waals surface area contributed by atoms with Crippen LogP contribution in [0.15, 0.2) is 30.0 Å². The predicted octanol–water partition coefficient (Wildman–Crippen LogP) is 2.88. The van der Waals surface area contributed by atoms with Gasteiger partial charge in [0.25, 0.3) is 5.91 Å². The largest absolute Gasteiger partial charge is 0.329 e. The molecule has 2 bridgehead atoms. The number of nitrogens with one attached hydrogen (secondary N) is 1. The van der Waals surface area contributed by atoms with Crippen molar-refractivity contribution in [2.45, 2.75) is 65.0 Å². The van der Waals surface area contributed by atoms with Crippen molar-refractivity contribution in [3.63, 3.8) is 0 Å². The molecule has 3 rings (SSSR count). The number of benzene rings is 1. The number of carbonyl (C=O) groups excluding carboxylic acids is 1. The summed E-state index contributed by atoms with van der Waals surface area (Å²) in [6.45, 7) is 7.17. The molecule has 1 amide bonds. The van der Waals surface area contributed by atoms with E-state index >= 15 is 0 Å². The topological polar surface area (TPSA) is 24.8 Å². The summed E-state index contributed by atoms with van der Waals surface area (Å²) in [5, 5.41) is 0. The van der Waals surface area contributed by atoms with Gasteiger partial charge in [-0.1, -0.05) is 30.5 Å². The number of amides is 1. The quantitative estimate of drug-likeness (QED) is 0.884. The molecule has 0 spiro atoms. The van der Waals surface area contributed by atoms with Crippen LogP contribution in [0.4, 0.5) is 0 Å². The van der Waals surface area contributed by atoms with Gasteiger partial charge in [0.05, 0.1) is 13.1 Å². The van der Waals surface area contributed by atoms with Crippen LogP contribution in [0.5, 0.6) is 0 Å². The minimum Gasteiger partial charge on any atom is -0.329 e. The molecule has 0 aromatic heterocycles. The van der Waals surface area contributed by atoms with E-state index in [0.717, 1.165) is 42.5 Å². The molecule has 2 aliphatic rings. The zero-order chi connectivity index (χ0) is 17.3. The highest BCUT2D eigenvalue weighted by atomic mass is 16.2. The Morgan fingerprint density at radius 2 is 1.92 bits per heavy atom. The molecule has 3 heteroatoms. The normalized spacial score (nSPS) is 25.5. The van der Waals surface area contributed by atoms with Gasteiger partial charge < -0.3 is 9.80 Å². The van der Waals surface area contributed by atoms with Crippen molar-refractivity contribution in [1.29, 1.82) is 0 Å². The van der Waals surface area contributed by atoms with Gasteiger partial charge in [-0.05, 0) is 38.5 Å². The first-order chi connectivity index (χ1) is 11.5. The first-order valence-electron chi connectivity index (χ1n) is 9.43. The van der Waals surface area contributed by atoms with E-state index in [1.165, 1.54) is 18.5 Å². The van der Waals surface area contributed by atoms with Crippen molar-refractivity contribution in [3.05, 3.63) is 46.7 Å². The molecule has 3 nitrogen and oxygen atoms in total. The maximum Gasteiger partial charge on any atom is 0.258 e. The molecule has 130 valence electrons. The van der Waals surface area contributed by atoms with Crippen LogP contribution in [-0.2, 0) is 0 Å². The lowest BCUT2D eigenvalue weighted by atomic mass is 10.0. The second-order valence-electron chi connectivity index (χ2n) is 7.67. The van der Waals surface area contributed by atoms with Gasteiger partial charge in [-0.15, -0.1) is 0 Å². The van der Waals surface area contributed by atoms with Crippen LogP contribution < -0.4 is 4.90 Å². The molecule has 24 heavy (non-hydrogen) atoms. The van der Waals surface area contributed by atoms with Gasteiger partial charge in [0, 0.05) is 37.1 Å². The first kappa shape index (κ1) is 17.2. The fourth-order valence-corrected chi connectivity index (χ4v) is 4.32. The predicted molar refractivity (Wildman–Crippen MR) is 98.3 cm³/mol. The van der Waals surface area contributed by atoms with Gasteiger partial charge in [-0.25, -0.2) is 0 Å². The van der Waals surface area contributed by atoms with Crippen LogP contribution >= 0.6 is 0 Å². The summed E-state index contributed by atoms with van der Waals surface area (Å²) in [4.78, 5) is 17.0. The molecule has 1 saturated heterocycles. The average molecular weight is 327 g/mol. The molecule has 2 aliphatic heterocycles. The van der Waals surface area contributed by atoms with Gasteiger partial charge in [-0.3, -0.25) is 4.79 Å². The Morgan fingerprint density at radius 3 is 2.54 bits per heavy atom. The molecule has 3 unspecified atom stereocenters. The van der Waals surface area contributed by atoms with E-state index in [1.54, 1.807) is 4.90 Å². The molecule has 0 saturated carbocycles. The summed E-state index contributed by atoms with van der Waals surface area (Å²) >= 11 is 0. The van der Waals surface area contributed by atoms with Crippen molar-refractivity contribution in [2.24, 2.45) is 0 Å². The summed E-state index contributed by atoms with van der Waals surface area (Å²) in [6, 6.07) is 7.47. The minimum absolute atomic E-state index is 0.181. The summed E-state index contributed by atoms with van der Waals surface area (Å²) in [5.41, 5.74) is 4.43. The molecule has 1 aromatic rings. The fourth-order valence-electron chi connectivity index (χ4n) is 4.32. The highest BCUT2D eigenvalue weighted by Gasteiger charge is 2.39. The number of hydrogen-bond donors (Lipinski definition) is 1. The van der Waals surface area contributed by atoms with E-state index in [2.05, 4.69) is 44.9 Å². The van der Waals surface area contributed by atoms with E-state index in [0.29, 0.717) is 12.1 Å². The maximum absolute atomic E-state index is 13.2. The average Bonchev–Trinajstić information content (AvgIpc) is 2.75. The third-order valence-electron chi connectivity index (χ3n) is 5.70. The number of fused-ring (bicyclic) bond motifs is 2. The summed E-state index contributed by atoms with van der Waals surface area (Å²) in [6.07, 6.45) is 8.15. The van der Waals surface area contributed by atoms with Crippen LogP contribution in [0, 0.1) is 13.8 Å². The first-order valence-corrected chi connectivity index (χ1v) is 9.43. The highest BCUT2D eigenvalue weighted by molar-refractivity contribution is 5.95. The molecule has 0 radical (unpaired) electrons. The van der Waals surface area contributed by atoms with Gasteiger partial charge in [-0.2, -0.15) is 0 Å². The molecular weight excluding hydrogens is 296 g/mol. The Balaban J connectivity index is 1.89.